The number of benzene rings is 2. The molecule has 0 aliphatic rings. The molecule has 160 valence electrons. The van der Waals surface area contributed by atoms with Crippen LogP contribution in [0.2, 0.25) is 5.02 Å². The summed E-state index contributed by atoms with van der Waals surface area (Å²) in [6.07, 6.45) is -2.06. The van der Waals surface area contributed by atoms with Crippen molar-refractivity contribution in [3.05, 3.63) is 80.4 Å². The third-order valence-corrected chi connectivity index (χ3v) is 5.86. The number of aromatic nitrogens is 1. The Hall–Kier alpha value is -2.56. The number of unbranched alkanes of at least 4 members (excludes halogenated alkanes) is 1. The lowest BCUT2D eigenvalue weighted by molar-refractivity contribution is -0.143. The maximum atomic E-state index is 14.0. The number of aryl methyl sites for hydroxylation is 1. The lowest BCUT2D eigenvalue weighted by Gasteiger charge is -2.15. The van der Waals surface area contributed by atoms with Crippen molar-refractivity contribution >= 4 is 33.4 Å². The monoisotopic (exact) mass is 508 g/mol. The Morgan fingerprint density at radius 3 is 2.26 bits per heavy atom. The van der Waals surface area contributed by atoms with Gasteiger partial charge in [-0.05, 0) is 58.6 Å². The standard InChI is InChI=1S/C23H17BrClF3N2O/c1-2-3-4-14-5-7-16(8-6-14)22(31)30-20(15-9-11-17(25)12-10-15)18(13-29)19(24)21(30)23(26,27)28/h5-12H,2-4H2,1H3. The van der Waals surface area contributed by atoms with Crippen molar-refractivity contribution in [1.29, 1.82) is 5.26 Å². The van der Waals surface area contributed by atoms with Gasteiger partial charge in [0.05, 0.1) is 15.7 Å². The maximum absolute atomic E-state index is 14.0. The minimum atomic E-state index is -4.87. The van der Waals surface area contributed by atoms with Gasteiger partial charge >= 0.3 is 6.18 Å². The van der Waals surface area contributed by atoms with Crippen LogP contribution in [-0.4, -0.2) is 10.5 Å². The number of carbonyl (C=O) groups is 1. The van der Waals surface area contributed by atoms with Crippen LogP contribution < -0.4 is 0 Å². The minimum absolute atomic E-state index is 0.0907. The molecule has 0 atom stereocenters. The van der Waals surface area contributed by atoms with Gasteiger partial charge in [-0.25, -0.2) is 0 Å². The van der Waals surface area contributed by atoms with Gasteiger partial charge in [-0.3, -0.25) is 9.36 Å². The average molecular weight is 510 g/mol. The highest BCUT2D eigenvalue weighted by molar-refractivity contribution is 9.10. The van der Waals surface area contributed by atoms with Crippen LogP contribution in [0.25, 0.3) is 11.3 Å². The lowest BCUT2D eigenvalue weighted by atomic mass is 10.1. The lowest BCUT2D eigenvalue weighted by Crippen LogP contribution is -2.22. The molecule has 0 radical (unpaired) electrons. The zero-order valence-electron chi connectivity index (χ0n) is 16.4. The van der Waals surface area contributed by atoms with Gasteiger partial charge in [0.25, 0.3) is 5.91 Å². The maximum Gasteiger partial charge on any atom is 0.433 e. The summed E-state index contributed by atoms with van der Waals surface area (Å²) < 4.78 is 42.0. The molecule has 3 rings (SSSR count). The Morgan fingerprint density at radius 1 is 1.13 bits per heavy atom. The number of nitrogens with zero attached hydrogens (tertiary/aromatic N) is 2. The molecule has 0 saturated heterocycles. The summed E-state index contributed by atoms with van der Waals surface area (Å²) in [5.74, 6) is -0.874. The van der Waals surface area contributed by atoms with E-state index in [1.165, 1.54) is 36.4 Å². The van der Waals surface area contributed by atoms with Gasteiger partial charge in [-0.2, -0.15) is 18.4 Å². The van der Waals surface area contributed by atoms with E-state index in [2.05, 4.69) is 22.9 Å². The van der Waals surface area contributed by atoms with E-state index < -0.39 is 22.3 Å². The average Bonchev–Trinajstić information content (AvgIpc) is 3.05. The highest BCUT2D eigenvalue weighted by atomic mass is 79.9. The fraction of sp³-hybridized carbons (Fsp3) is 0.217. The van der Waals surface area contributed by atoms with Crippen molar-refractivity contribution in [3.8, 4) is 17.3 Å². The number of nitriles is 1. The Balaban J connectivity index is 2.23. The molecule has 0 N–H and O–H groups in total. The Bertz CT molecular complexity index is 1140. The second-order valence-corrected chi connectivity index (χ2v) is 8.17. The topological polar surface area (TPSA) is 45.8 Å². The molecular formula is C23H17BrClF3N2O. The summed E-state index contributed by atoms with van der Waals surface area (Å²) in [7, 11) is 0. The molecule has 0 bridgehead atoms. The first-order chi connectivity index (χ1) is 14.7. The number of carbonyl (C=O) groups excluding carboxylic acids is 1. The van der Waals surface area contributed by atoms with E-state index in [-0.39, 0.29) is 22.4 Å². The molecule has 1 heterocycles. The molecule has 8 heteroatoms. The van der Waals surface area contributed by atoms with Crippen molar-refractivity contribution in [2.45, 2.75) is 32.4 Å². The van der Waals surface area contributed by atoms with Crippen LogP contribution >= 0.6 is 27.5 Å². The highest BCUT2D eigenvalue weighted by Gasteiger charge is 2.42. The quantitative estimate of drug-likeness (QED) is 0.358. The molecule has 0 spiro atoms. The fourth-order valence-electron chi connectivity index (χ4n) is 3.31. The van der Waals surface area contributed by atoms with E-state index in [0.29, 0.717) is 9.59 Å². The van der Waals surface area contributed by atoms with Gasteiger partial charge in [0.1, 0.15) is 11.8 Å². The molecule has 3 nitrogen and oxygen atoms in total. The van der Waals surface area contributed by atoms with Crippen molar-refractivity contribution in [2.24, 2.45) is 0 Å². The van der Waals surface area contributed by atoms with Gasteiger partial charge in [0, 0.05) is 16.1 Å². The number of rotatable bonds is 5. The van der Waals surface area contributed by atoms with E-state index in [9.17, 15) is 23.2 Å². The summed E-state index contributed by atoms with van der Waals surface area (Å²) in [5, 5.41) is 9.97. The van der Waals surface area contributed by atoms with E-state index >= 15 is 0 Å². The minimum Gasteiger partial charge on any atom is -0.269 e. The first kappa shape index (κ1) is 23.1. The van der Waals surface area contributed by atoms with Crippen LogP contribution in [0, 0.1) is 11.3 Å². The third-order valence-electron chi connectivity index (χ3n) is 4.83. The van der Waals surface area contributed by atoms with Gasteiger partial charge in [0.2, 0.25) is 0 Å². The van der Waals surface area contributed by atoms with Crippen LogP contribution in [0.3, 0.4) is 0 Å². The van der Waals surface area contributed by atoms with E-state index in [1.54, 1.807) is 18.2 Å². The summed E-state index contributed by atoms with van der Waals surface area (Å²) in [4.78, 5) is 13.3. The molecule has 0 amide bonds. The van der Waals surface area contributed by atoms with E-state index in [1.807, 2.05) is 0 Å². The Labute approximate surface area is 191 Å². The van der Waals surface area contributed by atoms with Crippen molar-refractivity contribution < 1.29 is 18.0 Å². The Morgan fingerprint density at radius 2 is 1.74 bits per heavy atom. The third kappa shape index (κ3) is 4.70. The van der Waals surface area contributed by atoms with Crippen molar-refractivity contribution in [2.75, 3.05) is 0 Å². The molecule has 2 aromatic carbocycles. The predicted molar refractivity (Wildman–Crippen MR) is 117 cm³/mol. The smallest absolute Gasteiger partial charge is 0.269 e. The Kier molecular flexibility index (Phi) is 6.93. The zero-order chi connectivity index (χ0) is 22.8. The number of hydrogen-bond acceptors (Lipinski definition) is 2. The second kappa shape index (κ2) is 9.29. The van der Waals surface area contributed by atoms with Crippen LogP contribution in [0.15, 0.2) is 53.0 Å². The summed E-state index contributed by atoms with van der Waals surface area (Å²) >= 11 is 8.80. The van der Waals surface area contributed by atoms with Crippen LogP contribution in [-0.2, 0) is 12.6 Å². The molecule has 31 heavy (non-hydrogen) atoms. The molecule has 0 unspecified atom stereocenters. The van der Waals surface area contributed by atoms with Crippen LogP contribution in [0.5, 0.6) is 0 Å². The molecule has 0 saturated carbocycles. The predicted octanol–water partition coefficient (Wildman–Crippen LogP) is 7.49. The molecule has 0 aliphatic carbocycles. The number of alkyl halides is 3. The summed E-state index contributed by atoms with van der Waals surface area (Å²) in [6.45, 7) is 2.06. The van der Waals surface area contributed by atoms with E-state index in [0.717, 1.165) is 24.8 Å². The first-order valence-corrected chi connectivity index (χ1v) is 10.7. The van der Waals surface area contributed by atoms with Gasteiger partial charge in [-0.15, -0.1) is 0 Å². The van der Waals surface area contributed by atoms with Gasteiger partial charge < -0.3 is 0 Å². The van der Waals surface area contributed by atoms with Crippen LogP contribution in [0.1, 0.15) is 46.9 Å². The number of halogens is 5. The molecule has 0 fully saturated rings. The highest BCUT2D eigenvalue weighted by Crippen LogP contribution is 2.43. The molecule has 1 aromatic heterocycles. The SMILES string of the molecule is CCCCc1ccc(C(=O)n2c(-c3ccc(Cl)cc3)c(C#N)c(Br)c2C(F)(F)F)cc1. The van der Waals surface area contributed by atoms with Gasteiger partial charge in [0.15, 0.2) is 0 Å². The molecule has 0 aliphatic heterocycles. The fourth-order valence-corrected chi connectivity index (χ4v) is 4.11. The van der Waals surface area contributed by atoms with Crippen LogP contribution in [0.4, 0.5) is 13.2 Å². The normalized spacial score (nSPS) is 11.4. The second-order valence-electron chi connectivity index (χ2n) is 6.94. The van der Waals surface area contributed by atoms with Gasteiger partial charge in [-0.1, -0.05) is 49.2 Å². The zero-order valence-corrected chi connectivity index (χ0v) is 18.8. The largest absolute Gasteiger partial charge is 0.433 e. The summed E-state index contributed by atoms with van der Waals surface area (Å²) in [6, 6.07) is 14.2. The van der Waals surface area contributed by atoms with Crippen molar-refractivity contribution in [3.63, 3.8) is 0 Å². The van der Waals surface area contributed by atoms with E-state index in [4.69, 9.17) is 11.6 Å². The first-order valence-electron chi connectivity index (χ1n) is 9.50. The molecular weight excluding hydrogens is 493 g/mol. The number of hydrogen-bond donors (Lipinski definition) is 0. The molecule has 3 aromatic rings. The van der Waals surface area contributed by atoms with Crippen molar-refractivity contribution in [1.82, 2.24) is 4.57 Å². The summed E-state index contributed by atoms with van der Waals surface area (Å²) in [5.41, 5.74) is -0.285.